The molecule has 6 aliphatic rings. The lowest BCUT2D eigenvalue weighted by Gasteiger charge is -2.57. The van der Waals surface area contributed by atoms with Crippen LogP contribution in [-0.4, -0.2) is 0 Å². The highest BCUT2D eigenvalue weighted by molar-refractivity contribution is 5.94. The largest absolute Gasteiger partial charge is 0.310 e. The molecule has 6 aromatic carbocycles. The average molecular weight is 744 g/mol. The van der Waals surface area contributed by atoms with Gasteiger partial charge in [-0.05, 0) is 161 Å². The van der Waals surface area contributed by atoms with Crippen LogP contribution in [0.3, 0.4) is 0 Å². The van der Waals surface area contributed by atoms with E-state index in [0.717, 1.165) is 17.8 Å². The van der Waals surface area contributed by atoms with Gasteiger partial charge in [0.15, 0.2) is 0 Å². The summed E-state index contributed by atoms with van der Waals surface area (Å²) in [5.74, 6) is 2.83. The molecular weight excluding hydrogens is 687 g/mol. The Hall–Kier alpha value is -4.88. The number of hydrogen-bond acceptors (Lipinski definition) is 1. The minimum absolute atomic E-state index is 0.0668. The van der Waals surface area contributed by atoms with Crippen LogP contribution in [0.5, 0.6) is 0 Å². The topological polar surface area (TPSA) is 3.24 Å². The molecule has 0 aliphatic heterocycles. The Morgan fingerprint density at radius 2 is 1.00 bits per heavy atom. The van der Waals surface area contributed by atoms with E-state index in [4.69, 9.17) is 0 Å². The van der Waals surface area contributed by atoms with E-state index in [-0.39, 0.29) is 10.8 Å². The summed E-state index contributed by atoms with van der Waals surface area (Å²) in [7, 11) is 0. The molecule has 5 saturated carbocycles. The van der Waals surface area contributed by atoms with Crippen molar-refractivity contribution in [2.24, 2.45) is 17.8 Å². The maximum atomic E-state index is 2.55. The van der Waals surface area contributed by atoms with E-state index in [9.17, 15) is 0 Å². The van der Waals surface area contributed by atoms with Gasteiger partial charge in [0, 0.05) is 27.9 Å². The zero-order chi connectivity index (χ0) is 38.2. The van der Waals surface area contributed by atoms with Crippen LogP contribution in [0.25, 0.3) is 22.3 Å². The van der Waals surface area contributed by atoms with E-state index in [1.807, 2.05) is 0 Å². The Bertz CT molecular complexity index is 2360. The maximum absolute atomic E-state index is 2.55. The number of benzene rings is 6. The van der Waals surface area contributed by atoms with Gasteiger partial charge in [-0.1, -0.05) is 149 Å². The third-order valence-corrected chi connectivity index (χ3v) is 15.8. The summed E-state index contributed by atoms with van der Waals surface area (Å²) in [6.45, 7) is 4.81. The molecule has 0 heterocycles. The predicted molar refractivity (Wildman–Crippen MR) is 239 cm³/mol. The summed E-state index contributed by atoms with van der Waals surface area (Å²) in [5.41, 5.74) is 16.8. The highest BCUT2D eigenvalue weighted by atomic mass is 15.1. The number of fused-ring (bicyclic) bond motifs is 3. The number of nitrogens with zero attached hydrogens (tertiary/aromatic N) is 1. The van der Waals surface area contributed by atoms with Crippen molar-refractivity contribution < 1.29 is 0 Å². The molecule has 0 amide bonds. The van der Waals surface area contributed by atoms with Crippen molar-refractivity contribution in [3.8, 4) is 22.3 Å². The summed E-state index contributed by atoms with van der Waals surface area (Å²) < 4.78 is 0. The lowest BCUT2D eigenvalue weighted by atomic mass is 9.48. The van der Waals surface area contributed by atoms with E-state index >= 15 is 0 Å². The first-order valence-corrected chi connectivity index (χ1v) is 22.3. The number of anilines is 3. The Balaban J connectivity index is 1.04. The fourth-order valence-corrected chi connectivity index (χ4v) is 13.4. The molecule has 286 valence electrons. The van der Waals surface area contributed by atoms with Gasteiger partial charge in [0.1, 0.15) is 0 Å². The van der Waals surface area contributed by atoms with Crippen molar-refractivity contribution in [2.75, 3.05) is 4.90 Å². The van der Waals surface area contributed by atoms with Gasteiger partial charge in [-0.15, -0.1) is 0 Å². The molecule has 0 aromatic heterocycles. The SMILES string of the molecule is CC1(C)c2ccc(N(c3ccc(C45CC6CC(CC(C6)C4)C5)cc3)c3ccc(C4(c5ccccc5)CCCCCC4)cc3)cc2-c2c(-c3ccccc3)cccc21. The minimum atomic E-state index is -0.0789. The fourth-order valence-electron chi connectivity index (χ4n) is 13.4. The summed E-state index contributed by atoms with van der Waals surface area (Å²) in [6, 6.07) is 56.4. The number of rotatable bonds is 7. The van der Waals surface area contributed by atoms with Crippen molar-refractivity contribution in [2.45, 2.75) is 107 Å². The lowest BCUT2D eigenvalue weighted by Crippen LogP contribution is -2.48. The Kier molecular flexibility index (Phi) is 8.43. The standard InChI is InChI=1S/C56H57N/c1-54(2)51-29-28-48(35-50(51)53-49(18-13-19-52(53)54)42-14-7-5-8-15-42)57(46-24-20-43(21-25-46)55-36-39-32-40(37-55)34-41(33-39)38-55)47-26-22-45(23-27-47)56(30-11-3-4-12-31-56)44-16-9-6-10-17-44/h5-10,13-29,35,39-41H,3-4,11-12,30-34,36-38H2,1-2H3. The molecule has 5 fully saturated rings. The molecule has 57 heavy (non-hydrogen) atoms. The minimum Gasteiger partial charge on any atom is -0.310 e. The second kappa shape index (κ2) is 13.6. The van der Waals surface area contributed by atoms with Crippen LogP contribution in [0.15, 0.2) is 146 Å². The van der Waals surface area contributed by atoms with Gasteiger partial charge in [-0.25, -0.2) is 0 Å². The molecule has 0 radical (unpaired) electrons. The van der Waals surface area contributed by atoms with Crippen LogP contribution in [0.1, 0.15) is 119 Å². The van der Waals surface area contributed by atoms with Gasteiger partial charge in [-0.2, -0.15) is 0 Å². The van der Waals surface area contributed by atoms with Gasteiger partial charge >= 0.3 is 0 Å². The molecule has 0 N–H and O–H groups in total. The Morgan fingerprint density at radius 3 is 1.61 bits per heavy atom. The first-order valence-electron chi connectivity index (χ1n) is 22.3. The van der Waals surface area contributed by atoms with E-state index in [0.29, 0.717) is 5.41 Å². The predicted octanol–water partition coefficient (Wildman–Crippen LogP) is 15.2. The monoisotopic (exact) mass is 743 g/mol. The number of hydrogen-bond donors (Lipinski definition) is 0. The Labute approximate surface area is 341 Å². The molecule has 0 unspecified atom stereocenters. The third kappa shape index (κ3) is 5.78. The van der Waals surface area contributed by atoms with Crippen LogP contribution in [0.4, 0.5) is 17.1 Å². The van der Waals surface area contributed by atoms with Crippen molar-refractivity contribution in [1.29, 1.82) is 0 Å². The average Bonchev–Trinajstić information content (AvgIpc) is 3.37. The van der Waals surface area contributed by atoms with Crippen molar-refractivity contribution in [3.05, 3.63) is 173 Å². The fraction of sp³-hybridized carbons (Fsp3) is 0.357. The Morgan fingerprint density at radius 1 is 0.456 bits per heavy atom. The van der Waals surface area contributed by atoms with Gasteiger partial charge in [-0.3, -0.25) is 0 Å². The molecule has 1 heteroatoms. The quantitative estimate of drug-likeness (QED) is 0.147. The molecule has 6 aromatic rings. The zero-order valence-electron chi connectivity index (χ0n) is 34.0. The smallest absolute Gasteiger partial charge is 0.0468 e. The molecule has 0 spiro atoms. The van der Waals surface area contributed by atoms with Gasteiger partial charge in [0.25, 0.3) is 0 Å². The lowest BCUT2D eigenvalue weighted by molar-refractivity contribution is -0.00518. The van der Waals surface area contributed by atoms with E-state index in [1.165, 1.54) is 139 Å². The van der Waals surface area contributed by atoms with E-state index in [1.54, 1.807) is 5.56 Å². The molecular formula is C56H57N. The highest BCUT2D eigenvalue weighted by Crippen LogP contribution is 2.61. The summed E-state index contributed by atoms with van der Waals surface area (Å²) >= 11 is 0. The third-order valence-electron chi connectivity index (χ3n) is 15.8. The van der Waals surface area contributed by atoms with E-state index in [2.05, 4.69) is 164 Å². The molecule has 6 aliphatic carbocycles. The summed E-state index contributed by atoms with van der Waals surface area (Å²) in [5, 5.41) is 0. The summed E-state index contributed by atoms with van der Waals surface area (Å²) in [6.07, 6.45) is 16.3. The molecule has 12 rings (SSSR count). The van der Waals surface area contributed by atoms with Crippen LogP contribution < -0.4 is 4.90 Å². The summed E-state index contributed by atoms with van der Waals surface area (Å²) in [4.78, 5) is 2.55. The first kappa shape index (κ1) is 35.3. The van der Waals surface area contributed by atoms with Crippen LogP contribution in [0, 0.1) is 17.8 Å². The molecule has 1 nitrogen and oxygen atoms in total. The van der Waals surface area contributed by atoms with Gasteiger partial charge in [0.05, 0.1) is 0 Å². The van der Waals surface area contributed by atoms with Gasteiger partial charge < -0.3 is 4.90 Å². The van der Waals surface area contributed by atoms with Crippen LogP contribution in [0.2, 0.25) is 0 Å². The second-order valence-electron chi connectivity index (χ2n) is 19.4. The second-order valence-corrected chi connectivity index (χ2v) is 19.4. The maximum Gasteiger partial charge on any atom is 0.0468 e. The normalized spacial score (nSPS) is 25.1. The van der Waals surface area contributed by atoms with Crippen molar-refractivity contribution >= 4 is 17.1 Å². The van der Waals surface area contributed by atoms with Crippen LogP contribution >= 0.6 is 0 Å². The highest BCUT2D eigenvalue weighted by Gasteiger charge is 2.51. The van der Waals surface area contributed by atoms with Gasteiger partial charge in [0.2, 0.25) is 0 Å². The molecule has 0 saturated heterocycles. The molecule has 0 atom stereocenters. The first-order chi connectivity index (χ1) is 27.9. The van der Waals surface area contributed by atoms with Crippen LogP contribution in [-0.2, 0) is 16.2 Å². The zero-order valence-corrected chi connectivity index (χ0v) is 34.0. The van der Waals surface area contributed by atoms with E-state index < -0.39 is 0 Å². The van der Waals surface area contributed by atoms with Crippen molar-refractivity contribution in [1.82, 2.24) is 0 Å². The van der Waals surface area contributed by atoms with Crippen molar-refractivity contribution in [3.63, 3.8) is 0 Å². The molecule has 4 bridgehead atoms.